The molecule has 1 heterocycles. The Kier molecular flexibility index (Phi) is 3.91. The predicted octanol–water partition coefficient (Wildman–Crippen LogP) is 0.591. The van der Waals surface area contributed by atoms with Crippen LogP contribution in [0.4, 0.5) is 0 Å². The lowest BCUT2D eigenvalue weighted by molar-refractivity contribution is -0.148. The van der Waals surface area contributed by atoms with Crippen molar-refractivity contribution in [1.82, 2.24) is 20.1 Å². The third kappa shape index (κ3) is 2.37. The van der Waals surface area contributed by atoms with Crippen LogP contribution in [0.1, 0.15) is 19.3 Å². The van der Waals surface area contributed by atoms with E-state index < -0.39 is 5.54 Å². The van der Waals surface area contributed by atoms with Crippen LogP contribution in [0, 0.1) is 0 Å². The molecule has 1 N–H and O–H groups in total. The monoisotopic (exact) mass is 270 g/mol. The van der Waals surface area contributed by atoms with Gasteiger partial charge in [-0.2, -0.15) is 0 Å². The Morgan fingerprint density at radius 2 is 2.50 bits per heavy atom. The average molecular weight is 270 g/mol. The summed E-state index contributed by atoms with van der Waals surface area (Å²) in [4.78, 5) is 11.9. The molecule has 0 aromatic carbocycles. The van der Waals surface area contributed by atoms with Crippen LogP contribution in [0.15, 0.2) is 11.5 Å². The molecule has 6 nitrogen and oxygen atoms in total. The van der Waals surface area contributed by atoms with Gasteiger partial charge in [0.2, 0.25) is 0 Å². The van der Waals surface area contributed by atoms with Crippen molar-refractivity contribution in [3.8, 4) is 0 Å². The van der Waals surface area contributed by atoms with E-state index in [1.807, 2.05) is 18.7 Å². The van der Waals surface area contributed by atoms with Gasteiger partial charge in [-0.15, -0.1) is 10.2 Å². The number of carbonyl (C=O) groups excluding carboxylic acids is 1. The highest BCUT2D eigenvalue weighted by Gasteiger charge is 2.45. The minimum atomic E-state index is -0.537. The fourth-order valence-electron chi connectivity index (χ4n) is 2.34. The van der Waals surface area contributed by atoms with Crippen LogP contribution in [-0.4, -0.2) is 45.7 Å². The van der Waals surface area contributed by atoms with Crippen molar-refractivity contribution in [2.45, 2.75) is 35.2 Å². The molecule has 0 saturated heterocycles. The lowest BCUT2D eigenvalue weighted by atomic mass is 9.98. The van der Waals surface area contributed by atoms with Gasteiger partial charge in [-0.1, -0.05) is 11.8 Å². The number of aromatic nitrogens is 3. The van der Waals surface area contributed by atoms with E-state index in [1.54, 1.807) is 18.1 Å². The van der Waals surface area contributed by atoms with Crippen molar-refractivity contribution >= 4 is 17.7 Å². The molecule has 100 valence electrons. The Labute approximate surface area is 110 Å². The highest BCUT2D eigenvalue weighted by molar-refractivity contribution is 7.99. The third-order valence-corrected chi connectivity index (χ3v) is 4.78. The molecule has 0 radical (unpaired) electrons. The molecule has 2 unspecified atom stereocenters. The number of likely N-dealkylation sites (N-methyl/N-ethyl adjacent to an activating group) is 1. The van der Waals surface area contributed by atoms with Gasteiger partial charge in [0.15, 0.2) is 5.16 Å². The fourth-order valence-corrected chi connectivity index (χ4v) is 3.55. The van der Waals surface area contributed by atoms with Gasteiger partial charge in [-0.05, 0) is 26.3 Å². The first-order valence-corrected chi connectivity index (χ1v) is 6.77. The Morgan fingerprint density at radius 3 is 3.06 bits per heavy atom. The summed E-state index contributed by atoms with van der Waals surface area (Å²) >= 11 is 1.67. The van der Waals surface area contributed by atoms with E-state index in [2.05, 4.69) is 15.5 Å². The summed E-state index contributed by atoms with van der Waals surface area (Å²) in [5.41, 5.74) is -0.537. The second-order valence-electron chi connectivity index (χ2n) is 4.53. The molecule has 0 bridgehead atoms. The number of ether oxygens (including phenoxy) is 1. The molecule has 18 heavy (non-hydrogen) atoms. The molecule has 1 aromatic rings. The van der Waals surface area contributed by atoms with Crippen LogP contribution in [0.2, 0.25) is 0 Å². The van der Waals surface area contributed by atoms with Gasteiger partial charge in [0, 0.05) is 12.3 Å². The predicted molar refractivity (Wildman–Crippen MR) is 68.3 cm³/mol. The van der Waals surface area contributed by atoms with Crippen molar-refractivity contribution < 1.29 is 9.53 Å². The Hall–Kier alpha value is -1.08. The summed E-state index contributed by atoms with van der Waals surface area (Å²) in [6, 6.07) is 0. The standard InChI is InChI=1S/C11H18N4O2S/c1-12-11(9(16)17-3)5-4-8(6-11)18-10-14-13-7-15(10)2/h7-8,12H,4-6H2,1-3H3. The van der Waals surface area contributed by atoms with E-state index in [9.17, 15) is 4.79 Å². The van der Waals surface area contributed by atoms with Gasteiger partial charge in [0.05, 0.1) is 7.11 Å². The Balaban J connectivity index is 2.03. The van der Waals surface area contributed by atoms with Crippen LogP contribution >= 0.6 is 11.8 Å². The molecule has 1 aliphatic carbocycles. The maximum absolute atomic E-state index is 11.9. The van der Waals surface area contributed by atoms with Crippen LogP contribution in [0.25, 0.3) is 0 Å². The molecule has 7 heteroatoms. The number of nitrogens with zero attached hydrogens (tertiary/aromatic N) is 3. The fraction of sp³-hybridized carbons (Fsp3) is 0.727. The number of carbonyl (C=O) groups is 1. The molecular formula is C11H18N4O2S. The van der Waals surface area contributed by atoms with Gasteiger partial charge in [0.1, 0.15) is 11.9 Å². The first-order chi connectivity index (χ1) is 8.61. The van der Waals surface area contributed by atoms with E-state index in [-0.39, 0.29) is 5.97 Å². The van der Waals surface area contributed by atoms with Crippen LogP contribution in [0.3, 0.4) is 0 Å². The second-order valence-corrected chi connectivity index (χ2v) is 5.80. The number of thioether (sulfide) groups is 1. The smallest absolute Gasteiger partial charge is 0.326 e. The number of hydrogen-bond donors (Lipinski definition) is 1. The van der Waals surface area contributed by atoms with Crippen molar-refractivity contribution in [1.29, 1.82) is 0 Å². The van der Waals surface area contributed by atoms with Crippen molar-refractivity contribution in [2.24, 2.45) is 7.05 Å². The molecule has 1 aliphatic rings. The molecule has 0 spiro atoms. The van der Waals surface area contributed by atoms with Crippen molar-refractivity contribution in [2.75, 3.05) is 14.2 Å². The minimum absolute atomic E-state index is 0.175. The number of aryl methyl sites for hydroxylation is 1. The largest absolute Gasteiger partial charge is 0.468 e. The summed E-state index contributed by atoms with van der Waals surface area (Å²) in [6.45, 7) is 0. The average Bonchev–Trinajstić information content (AvgIpc) is 2.97. The van der Waals surface area contributed by atoms with Crippen LogP contribution in [-0.2, 0) is 16.6 Å². The molecule has 1 saturated carbocycles. The summed E-state index contributed by atoms with van der Waals surface area (Å²) in [5, 5.41) is 12.3. The van der Waals surface area contributed by atoms with Gasteiger partial charge in [-0.25, -0.2) is 0 Å². The van der Waals surface area contributed by atoms with E-state index in [0.29, 0.717) is 5.25 Å². The molecule has 2 rings (SSSR count). The number of rotatable bonds is 4. The van der Waals surface area contributed by atoms with E-state index in [4.69, 9.17) is 4.74 Å². The number of methoxy groups -OCH3 is 1. The van der Waals surface area contributed by atoms with Gasteiger partial charge in [0.25, 0.3) is 0 Å². The Morgan fingerprint density at radius 1 is 1.72 bits per heavy atom. The van der Waals surface area contributed by atoms with Gasteiger partial charge in [-0.3, -0.25) is 4.79 Å². The molecule has 1 fully saturated rings. The van der Waals surface area contributed by atoms with Crippen molar-refractivity contribution in [3.05, 3.63) is 6.33 Å². The molecule has 0 amide bonds. The summed E-state index contributed by atoms with van der Waals surface area (Å²) in [5.74, 6) is -0.175. The van der Waals surface area contributed by atoms with Gasteiger partial charge < -0.3 is 14.6 Å². The first-order valence-electron chi connectivity index (χ1n) is 5.89. The van der Waals surface area contributed by atoms with Crippen LogP contribution < -0.4 is 5.32 Å². The zero-order valence-corrected chi connectivity index (χ0v) is 11.7. The number of hydrogen-bond acceptors (Lipinski definition) is 6. The molecule has 2 atom stereocenters. The van der Waals surface area contributed by atoms with E-state index >= 15 is 0 Å². The molecule has 1 aromatic heterocycles. The normalized spacial score (nSPS) is 27.4. The summed E-state index contributed by atoms with van der Waals surface area (Å²) in [7, 11) is 5.17. The van der Waals surface area contributed by atoms with E-state index in [0.717, 1.165) is 24.4 Å². The lowest BCUT2D eigenvalue weighted by Gasteiger charge is -2.25. The Bertz CT molecular complexity index is 436. The SMILES string of the molecule is CNC1(C(=O)OC)CCC(Sc2nncn2C)C1. The zero-order valence-electron chi connectivity index (χ0n) is 10.8. The first kappa shape index (κ1) is 13.4. The van der Waals surface area contributed by atoms with Crippen molar-refractivity contribution in [3.63, 3.8) is 0 Å². The third-order valence-electron chi connectivity index (χ3n) is 3.47. The molecular weight excluding hydrogens is 252 g/mol. The molecule has 0 aliphatic heterocycles. The summed E-state index contributed by atoms with van der Waals surface area (Å²) in [6.07, 6.45) is 4.20. The topological polar surface area (TPSA) is 69.0 Å². The lowest BCUT2D eigenvalue weighted by Crippen LogP contribution is -2.49. The zero-order chi connectivity index (χ0) is 13.2. The highest BCUT2D eigenvalue weighted by atomic mass is 32.2. The number of nitrogens with one attached hydrogen (secondary N) is 1. The quantitative estimate of drug-likeness (QED) is 0.808. The highest BCUT2D eigenvalue weighted by Crippen LogP contribution is 2.39. The van der Waals surface area contributed by atoms with E-state index in [1.165, 1.54) is 7.11 Å². The summed E-state index contributed by atoms with van der Waals surface area (Å²) < 4.78 is 6.78. The maximum atomic E-state index is 11.9. The maximum Gasteiger partial charge on any atom is 0.326 e. The second kappa shape index (κ2) is 5.27. The van der Waals surface area contributed by atoms with Crippen LogP contribution in [0.5, 0.6) is 0 Å². The van der Waals surface area contributed by atoms with Gasteiger partial charge >= 0.3 is 5.97 Å². The number of esters is 1. The minimum Gasteiger partial charge on any atom is -0.468 e.